The quantitative estimate of drug-likeness (QED) is 0.873. The molecule has 2 aliphatic rings. The van der Waals surface area contributed by atoms with Crippen LogP contribution < -0.4 is 0 Å². The van der Waals surface area contributed by atoms with Crippen LogP contribution in [0.4, 0.5) is 0 Å². The summed E-state index contributed by atoms with van der Waals surface area (Å²) < 4.78 is 11.3. The third-order valence-electron chi connectivity index (χ3n) is 3.70. The molecule has 0 saturated carbocycles. The molecule has 0 aliphatic carbocycles. The van der Waals surface area contributed by atoms with E-state index in [9.17, 15) is 5.11 Å². The first-order valence-corrected chi connectivity index (χ1v) is 6.51. The number of rotatable bonds is 3. The van der Waals surface area contributed by atoms with E-state index in [1.807, 2.05) is 30.3 Å². The molecule has 1 spiro atoms. The van der Waals surface area contributed by atoms with Crippen LogP contribution in [-0.2, 0) is 9.47 Å². The summed E-state index contributed by atoms with van der Waals surface area (Å²) >= 11 is 0. The van der Waals surface area contributed by atoms with Crippen LogP contribution >= 0.6 is 0 Å². The number of aliphatic hydroxyl groups is 1. The Kier molecular flexibility index (Phi) is 3.35. The Labute approximate surface area is 107 Å². The molecule has 2 heterocycles. The third-order valence-corrected chi connectivity index (χ3v) is 3.70. The molecule has 1 N–H and O–H groups in total. The highest BCUT2D eigenvalue weighted by atomic mass is 16.7. The number of likely N-dealkylation sites (tertiary alicyclic amines) is 1. The summed E-state index contributed by atoms with van der Waals surface area (Å²) in [6, 6.07) is 9.78. The topological polar surface area (TPSA) is 41.9 Å². The van der Waals surface area contributed by atoms with Crippen molar-refractivity contribution in [3.8, 4) is 0 Å². The maximum absolute atomic E-state index is 10.2. The van der Waals surface area contributed by atoms with Gasteiger partial charge in [0.05, 0.1) is 25.9 Å². The van der Waals surface area contributed by atoms with Gasteiger partial charge in [-0.2, -0.15) is 0 Å². The van der Waals surface area contributed by atoms with E-state index in [1.54, 1.807) is 0 Å². The lowest BCUT2D eigenvalue weighted by Crippen LogP contribution is -2.35. The summed E-state index contributed by atoms with van der Waals surface area (Å²) in [5.74, 6) is -0.392. The average Bonchev–Trinajstić information content (AvgIpc) is 3.02. The van der Waals surface area contributed by atoms with Gasteiger partial charge in [-0.3, -0.25) is 4.90 Å². The molecule has 2 fully saturated rings. The fourth-order valence-electron chi connectivity index (χ4n) is 2.74. The zero-order valence-electron chi connectivity index (χ0n) is 10.4. The van der Waals surface area contributed by atoms with Crippen molar-refractivity contribution >= 4 is 0 Å². The molecule has 0 radical (unpaired) electrons. The van der Waals surface area contributed by atoms with Crippen LogP contribution in [0.5, 0.6) is 0 Å². The Hall–Kier alpha value is -0.940. The molecule has 3 rings (SSSR count). The average molecular weight is 249 g/mol. The van der Waals surface area contributed by atoms with E-state index in [0.717, 1.165) is 25.1 Å². The summed E-state index contributed by atoms with van der Waals surface area (Å²) in [5.41, 5.74) is 0.965. The van der Waals surface area contributed by atoms with Crippen molar-refractivity contribution in [2.75, 3.05) is 32.8 Å². The maximum atomic E-state index is 10.2. The predicted molar refractivity (Wildman–Crippen MR) is 67.1 cm³/mol. The van der Waals surface area contributed by atoms with E-state index in [-0.39, 0.29) is 0 Å². The molecule has 2 aliphatic heterocycles. The second kappa shape index (κ2) is 4.97. The molecule has 1 atom stereocenters. The van der Waals surface area contributed by atoms with Gasteiger partial charge in [-0.25, -0.2) is 0 Å². The Bertz CT molecular complexity index is 389. The van der Waals surface area contributed by atoms with Gasteiger partial charge in [0, 0.05) is 19.5 Å². The van der Waals surface area contributed by atoms with Gasteiger partial charge >= 0.3 is 0 Å². The Balaban J connectivity index is 1.58. The summed E-state index contributed by atoms with van der Waals surface area (Å²) in [4.78, 5) is 2.21. The van der Waals surface area contributed by atoms with Crippen LogP contribution in [-0.4, -0.2) is 48.6 Å². The summed E-state index contributed by atoms with van der Waals surface area (Å²) in [5, 5.41) is 10.2. The van der Waals surface area contributed by atoms with E-state index in [1.165, 1.54) is 0 Å². The number of aliphatic hydroxyl groups excluding tert-OH is 1. The zero-order valence-corrected chi connectivity index (χ0v) is 10.4. The highest BCUT2D eigenvalue weighted by molar-refractivity contribution is 5.17. The smallest absolute Gasteiger partial charge is 0.182 e. The van der Waals surface area contributed by atoms with Crippen LogP contribution in [0.25, 0.3) is 0 Å². The van der Waals surface area contributed by atoms with Crippen molar-refractivity contribution in [1.29, 1.82) is 0 Å². The highest BCUT2D eigenvalue weighted by Gasteiger charge is 2.43. The summed E-state index contributed by atoms with van der Waals surface area (Å²) in [6.45, 7) is 3.70. The van der Waals surface area contributed by atoms with Gasteiger partial charge in [-0.1, -0.05) is 30.3 Å². The largest absolute Gasteiger partial charge is 0.387 e. The van der Waals surface area contributed by atoms with Crippen molar-refractivity contribution in [3.63, 3.8) is 0 Å². The fraction of sp³-hybridized carbons (Fsp3) is 0.571. The Morgan fingerprint density at radius 3 is 2.67 bits per heavy atom. The van der Waals surface area contributed by atoms with Crippen molar-refractivity contribution in [3.05, 3.63) is 35.9 Å². The van der Waals surface area contributed by atoms with Gasteiger partial charge in [0.25, 0.3) is 0 Å². The van der Waals surface area contributed by atoms with Gasteiger partial charge in [-0.15, -0.1) is 0 Å². The lowest BCUT2D eigenvalue weighted by Gasteiger charge is -2.24. The number of hydrogen-bond acceptors (Lipinski definition) is 4. The molecule has 0 amide bonds. The van der Waals surface area contributed by atoms with E-state index in [0.29, 0.717) is 19.8 Å². The molecule has 1 aromatic carbocycles. The molecular weight excluding hydrogens is 230 g/mol. The molecule has 0 unspecified atom stereocenters. The van der Waals surface area contributed by atoms with E-state index in [4.69, 9.17) is 9.47 Å². The van der Waals surface area contributed by atoms with Crippen LogP contribution in [0, 0.1) is 0 Å². The first-order valence-electron chi connectivity index (χ1n) is 6.51. The molecule has 1 aromatic rings. The van der Waals surface area contributed by atoms with Crippen molar-refractivity contribution < 1.29 is 14.6 Å². The summed E-state index contributed by atoms with van der Waals surface area (Å²) in [6.07, 6.45) is 0.455. The Morgan fingerprint density at radius 2 is 1.94 bits per heavy atom. The number of benzene rings is 1. The summed E-state index contributed by atoms with van der Waals surface area (Å²) in [7, 11) is 0. The number of β-amino-alcohol motifs (C(OH)–C–C–N with tert-alkyl or cyclic N) is 1. The molecule has 0 bridgehead atoms. The maximum Gasteiger partial charge on any atom is 0.182 e. The molecule has 18 heavy (non-hydrogen) atoms. The van der Waals surface area contributed by atoms with Crippen LogP contribution in [0.1, 0.15) is 18.1 Å². The van der Waals surface area contributed by atoms with Crippen molar-refractivity contribution in [1.82, 2.24) is 4.90 Å². The highest BCUT2D eigenvalue weighted by Crippen LogP contribution is 2.31. The fourth-order valence-corrected chi connectivity index (χ4v) is 2.74. The van der Waals surface area contributed by atoms with Gasteiger partial charge in [-0.05, 0) is 5.56 Å². The normalized spacial score (nSPS) is 24.7. The number of hydrogen-bond donors (Lipinski definition) is 1. The minimum absolute atomic E-state index is 0.392. The van der Waals surface area contributed by atoms with Crippen LogP contribution in [0.2, 0.25) is 0 Å². The molecule has 4 nitrogen and oxygen atoms in total. The van der Waals surface area contributed by atoms with E-state index < -0.39 is 11.9 Å². The first-order chi connectivity index (χ1) is 8.77. The first kappa shape index (κ1) is 12.1. The lowest BCUT2D eigenvalue weighted by atomic mass is 10.1. The zero-order chi connectivity index (χ0) is 12.4. The van der Waals surface area contributed by atoms with Crippen molar-refractivity contribution in [2.45, 2.75) is 18.3 Å². The number of ether oxygens (including phenoxy) is 2. The molecule has 4 heteroatoms. The standard InChI is InChI=1S/C14H19NO3/c16-13(12-4-2-1-3-5-12)10-15-7-6-14(11-15)17-8-9-18-14/h1-5,13,16H,6-11H2/t13-/m1/s1. The molecule has 2 saturated heterocycles. The minimum Gasteiger partial charge on any atom is -0.387 e. The predicted octanol–water partition coefficient (Wildman–Crippen LogP) is 1.17. The van der Waals surface area contributed by atoms with Crippen LogP contribution in [0.15, 0.2) is 30.3 Å². The van der Waals surface area contributed by atoms with Gasteiger partial charge in [0.2, 0.25) is 0 Å². The van der Waals surface area contributed by atoms with Gasteiger partial charge in [0.1, 0.15) is 0 Å². The second-order valence-corrected chi connectivity index (χ2v) is 5.02. The van der Waals surface area contributed by atoms with Gasteiger partial charge in [0.15, 0.2) is 5.79 Å². The van der Waals surface area contributed by atoms with E-state index >= 15 is 0 Å². The molecule has 98 valence electrons. The number of nitrogens with zero attached hydrogens (tertiary/aromatic N) is 1. The molecule has 0 aromatic heterocycles. The lowest BCUT2D eigenvalue weighted by molar-refractivity contribution is -0.145. The van der Waals surface area contributed by atoms with Crippen LogP contribution in [0.3, 0.4) is 0 Å². The minimum atomic E-state index is -0.442. The third kappa shape index (κ3) is 2.42. The Morgan fingerprint density at radius 1 is 1.22 bits per heavy atom. The SMILES string of the molecule is O[C@H](CN1CCC2(C1)OCCO2)c1ccccc1. The molecular formula is C14H19NO3. The van der Waals surface area contributed by atoms with E-state index in [2.05, 4.69) is 4.90 Å². The monoisotopic (exact) mass is 249 g/mol. The van der Waals surface area contributed by atoms with Crippen molar-refractivity contribution in [2.24, 2.45) is 0 Å². The second-order valence-electron chi connectivity index (χ2n) is 5.02. The van der Waals surface area contributed by atoms with Gasteiger partial charge < -0.3 is 14.6 Å².